The first-order chi connectivity index (χ1) is 9.95. The van der Waals surface area contributed by atoms with Crippen LogP contribution in [0.25, 0.3) is 0 Å². The zero-order valence-corrected chi connectivity index (χ0v) is 16.0. The van der Waals surface area contributed by atoms with E-state index in [1.807, 2.05) is 11.3 Å². The molecule has 0 radical (unpaired) electrons. The van der Waals surface area contributed by atoms with Crippen molar-refractivity contribution in [1.29, 1.82) is 0 Å². The summed E-state index contributed by atoms with van der Waals surface area (Å²) in [6, 6.07) is 2.55. The van der Waals surface area contributed by atoms with E-state index in [0.29, 0.717) is 10.8 Å². The molecule has 0 saturated heterocycles. The lowest BCUT2D eigenvalue weighted by Crippen LogP contribution is -2.22. The maximum absolute atomic E-state index is 2.55. The van der Waals surface area contributed by atoms with E-state index < -0.39 is 0 Å². The molecule has 1 rings (SSSR count). The van der Waals surface area contributed by atoms with Crippen LogP contribution in [-0.4, -0.2) is 0 Å². The van der Waals surface area contributed by atoms with Gasteiger partial charge in [0.2, 0.25) is 0 Å². The highest BCUT2D eigenvalue weighted by molar-refractivity contribution is 7.10. The van der Waals surface area contributed by atoms with Crippen LogP contribution in [0.1, 0.15) is 103 Å². The molecule has 0 saturated carbocycles. The van der Waals surface area contributed by atoms with E-state index in [-0.39, 0.29) is 0 Å². The number of hydrogen-bond acceptors (Lipinski definition) is 1. The van der Waals surface area contributed by atoms with Crippen LogP contribution in [-0.2, 0) is 10.8 Å². The smallest absolute Gasteiger partial charge is 0.0107 e. The molecule has 0 aliphatic carbocycles. The molecule has 1 aromatic rings. The van der Waals surface area contributed by atoms with Gasteiger partial charge in [0, 0.05) is 10.3 Å². The fourth-order valence-electron chi connectivity index (χ4n) is 3.54. The van der Waals surface area contributed by atoms with Gasteiger partial charge in [-0.25, -0.2) is 0 Å². The first-order valence-electron chi connectivity index (χ1n) is 9.05. The number of hydrogen-bond donors (Lipinski definition) is 0. The predicted molar refractivity (Wildman–Crippen MR) is 98.7 cm³/mol. The van der Waals surface area contributed by atoms with Crippen LogP contribution < -0.4 is 0 Å². The summed E-state index contributed by atoms with van der Waals surface area (Å²) >= 11 is 2.01. The zero-order valence-electron chi connectivity index (χ0n) is 15.2. The molecular formula is C20H36S. The summed E-state index contributed by atoms with van der Waals surface area (Å²) in [5.74, 6) is 0. The van der Waals surface area contributed by atoms with Crippen LogP contribution in [0.4, 0.5) is 0 Å². The van der Waals surface area contributed by atoms with Gasteiger partial charge in [0.15, 0.2) is 0 Å². The summed E-state index contributed by atoms with van der Waals surface area (Å²) in [4.78, 5) is 1.63. The quantitative estimate of drug-likeness (QED) is 0.420. The third-order valence-corrected chi connectivity index (χ3v) is 6.59. The first-order valence-corrected chi connectivity index (χ1v) is 9.93. The van der Waals surface area contributed by atoms with E-state index in [1.54, 1.807) is 10.4 Å². The molecule has 1 heterocycles. The molecule has 0 amide bonds. The van der Waals surface area contributed by atoms with Gasteiger partial charge in [-0.3, -0.25) is 0 Å². The Morgan fingerprint density at radius 3 is 2.00 bits per heavy atom. The SMILES string of the molecule is CCCCC(C)(CCC)c1cc(C(C)(CC)CCC)cs1. The van der Waals surface area contributed by atoms with Crippen molar-refractivity contribution >= 4 is 11.3 Å². The van der Waals surface area contributed by atoms with E-state index >= 15 is 0 Å². The Kier molecular flexibility index (Phi) is 7.47. The summed E-state index contributed by atoms with van der Waals surface area (Å²) in [6.45, 7) is 14.2. The fraction of sp³-hybridized carbons (Fsp3) is 0.800. The molecule has 0 fully saturated rings. The summed E-state index contributed by atoms with van der Waals surface area (Å²) < 4.78 is 0. The van der Waals surface area contributed by atoms with Crippen LogP contribution in [0.15, 0.2) is 11.4 Å². The van der Waals surface area contributed by atoms with Gasteiger partial charge in [-0.1, -0.05) is 67.2 Å². The fourth-order valence-corrected chi connectivity index (χ4v) is 4.83. The molecule has 0 aliphatic rings. The Bertz CT molecular complexity index is 406. The molecule has 0 N–H and O–H groups in total. The van der Waals surface area contributed by atoms with E-state index in [1.165, 1.54) is 51.4 Å². The molecule has 0 nitrogen and oxygen atoms in total. The zero-order chi connectivity index (χ0) is 15.9. The Morgan fingerprint density at radius 2 is 1.48 bits per heavy atom. The standard InChI is InChI=1S/C20H36S/c1-7-11-14-20(6,13-9-3)18-15-17(16-21-18)19(5,10-4)12-8-2/h15-16H,7-14H2,1-6H3. The van der Waals surface area contributed by atoms with Crippen molar-refractivity contribution in [3.05, 3.63) is 21.9 Å². The Morgan fingerprint density at radius 1 is 0.857 bits per heavy atom. The largest absolute Gasteiger partial charge is 0.148 e. The van der Waals surface area contributed by atoms with Crippen molar-refractivity contribution in [2.45, 2.75) is 104 Å². The van der Waals surface area contributed by atoms with Gasteiger partial charge in [-0.2, -0.15) is 0 Å². The second kappa shape index (κ2) is 8.36. The Balaban J connectivity index is 3.02. The molecule has 122 valence electrons. The molecule has 0 bridgehead atoms. The molecule has 2 atom stereocenters. The number of thiophene rings is 1. The maximum Gasteiger partial charge on any atom is 0.0107 e. The third-order valence-electron chi connectivity index (χ3n) is 5.36. The van der Waals surface area contributed by atoms with Gasteiger partial charge in [0.1, 0.15) is 0 Å². The van der Waals surface area contributed by atoms with Crippen molar-refractivity contribution in [3.63, 3.8) is 0 Å². The molecule has 1 heteroatoms. The van der Waals surface area contributed by atoms with Crippen molar-refractivity contribution in [1.82, 2.24) is 0 Å². The van der Waals surface area contributed by atoms with Gasteiger partial charge in [-0.05, 0) is 48.1 Å². The Labute approximate surface area is 137 Å². The second-order valence-corrected chi connectivity index (χ2v) is 8.19. The second-order valence-electron chi connectivity index (χ2n) is 7.28. The lowest BCUT2D eigenvalue weighted by molar-refractivity contribution is 0.386. The monoisotopic (exact) mass is 308 g/mol. The minimum absolute atomic E-state index is 0.376. The van der Waals surface area contributed by atoms with Crippen LogP contribution >= 0.6 is 11.3 Å². The van der Waals surface area contributed by atoms with E-state index in [2.05, 4.69) is 53.0 Å². The van der Waals surface area contributed by atoms with E-state index in [9.17, 15) is 0 Å². The highest BCUT2D eigenvalue weighted by Crippen LogP contribution is 2.42. The first kappa shape index (κ1) is 18.7. The highest BCUT2D eigenvalue weighted by atomic mass is 32.1. The minimum Gasteiger partial charge on any atom is -0.148 e. The molecule has 0 spiro atoms. The number of rotatable bonds is 10. The summed E-state index contributed by atoms with van der Waals surface area (Å²) in [5, 5.41) is 2.45. The average molecular weight is 309 g/mol. The van der Waals surface area contributed by atoms with E-state index in [0.717, 1.165) is 0 Å². The highest BCUT2D eigenvalue weighted by Gasteiger charge is 2.30. The normalized spacial score (nSPS) is 17.4. The Hall–Kier alpha value is -0.300. The third kappa shape index (κ3) is 4.58. The van der Waals surface area contributed by atoms with E-state index in [4.69, 9.17) is 0 Å². The van der Waals surface area contributed by atoms with Crippen LogP contribution in [0.3, 0.4) is 0 Å². The van der Waals surface area contributed by atoms with Crippen molar-refractivity contribution in [2.24, 2.45) is 0 Å². The average Bonchev–Trinajstić information content (AvgIpc) is 2.97. The minimum atomic E-state index is 0.376. The molecule has 0 aromatic carbocycles. The molecular weight excluding hydrogens is 272 g/mol. The van der Waals surface area contributed by atoms with Gasteiger partial charge in [0.05, 0.1) is 0 Å². The molecule has 0 aliphatic heterocycles. The van der Waals surface area contributed by atoms with Crippen molar-refractivity contribution in [3.8, 4) is 0 Å². The molecule has 21 heavy (non-hydrogen) atoms. The lowest BCUT2D eigenvalue weighted by atomic mass is 9.75. The van der Waals surface area contributed by atoms with Crippen molar-refractivity contribution in [2.75, 3.05) is 0 Å². The van der Waals surface area contributed by atoms with Crippen LogP contribution in [0, 0.1) is 0 Å². The maximum atomic E-state index is 2.55. The number of unbranched alkanes of at least 4 members (excludes halogenated alkanes) is 1. The van der Waals surface area contributed by atoms with Gasteiger partial charge < -0.3 is 0 Å². The van der Waals surface area contributed by atoms with Gasteiger partial charge >= 0.3 is 0 Å². The summed E-state index contributed by atoms with van der Waals surface area (Å²) in [5.41, 5.74) is 2.36. The molecule has 2 unspecified atom stereocenters. The topological polar surface area (TPSA) is 0 Å². The van der Waals surface area contributed by atoms with Crippen LogP contribution in [0.5, 0.6) is 0 Å². The van der Waals surface area contributed by atoms with Gasteiger partial charge in [-0.15, -0.1) is 11.3 Å². The summed E-state index contributed by atoms with van der Waals surface area (Å²) in [6.07, 6.45) is 10.4. The van der Waals surface area contributed by atoms with Crippen LogP contribution in [0.2, 0.25) is 0 Å². The summed E-state index contributed by atoms with van der Waals surface area (Å²) in [7, 11) is 0. The molecule has 1 aromatic heterocycles. The predicted octanol–water partition coefficient (Wildman–Crippen LogP) is 7.46. The lowest BCUT2D eigenvalue weighted by Gasteiger charge is -2.30. The van der Waals surface area contributed by atoms with Gasteiger partial charge in [0.25, 0.3) is 0 Å². The van der Waals surface area contributed by atoms with Crippen molar-refractivity contribution < 1.29 is 0 Å².